The highest BCUT2D eigenvalue weighted by Gasteiger charge is 2.10. The van der Waals surface area contributed by atoms with Crippen molar-refractivity contribution in [2.45, 2.75) is 66.7 Å². The number of hydrogen-bond donors (Lipinski definition) is 0. The first-order valence-corrected chi connectivity index (χ1v) is 6.06. The van der Waals surface area contributed by atoms with Crippen molar-refractivity contribution in [1.82, 2.24) is 0 Å². The van der Waals surface area contributed by atoms with E-state index in [0.29, 0.717) is 5.92 Å². The summed E-state index contributed by atoms with van der Waals surface area (Å²) in [7, 11) is 0. The summed E-state index contributed by atoms with van der Waals surface area (Å²) in [6.45, 7) is 10.5. The van der Waals surface area contributed by atoms with Crippen LogP contribution in [0.5, 0.6) is 0 Å². The second kappa shape index (κ2) is 12.5. The highest BCUT2D eigenvalue weighted by atomic mass is 14.3. The Morgan fingerprint density at radius 1 is 1.00 bits per heavy atom. The molecule has 1 saturated carbocycles. The predicted octanol–water partition coefficient (Wildman–Crippen LogP) is 4.78. The zero-order valence-electron chi connectivity index (χ0n) is 10.6. The molecule has 0 aromatic carbocycles. The SMILES string of the molecule is CC.CC(C)C.N#CC1CCCCC1. The van der Waals surface area contributed by atoms with E-state index in [0.717, 1.165) is 18.8 Å². The van der Waals surface area contributed by atoms with Gasteiger partial charge in [-0.25, -0.2) is 0 Å². The van der Waals surface area contributed by atoms with E-state index in [-0.39, 0.29) is 0 Å². The van der Waals surface area contributed by atoms with Crippen molar-refractivity contribution in [3.8, 4) is 6.07 Å². The van der Waals surface area contributed by atoms with Crippen LogP contribution in [0.4, 0.5) is 0 Å². The maximum atomic E-state index is 8.44. The van der Waals surface area contributed by atoms with Gasteiger partial charge in [-0.05, 0) is 18.8 Å². The lowest BCUT2D eigenvalue weighted by molar-refractivity contribution is 0.427. The summed E-state index contributed by atoms with van der Waals surface area (Å²) in [6.07, 6.45) is 6.20. The fourth-order valence-electron chi connectivity index (χ4n) is 1.23. The summed E-state index contributed by atoms with van der Waals surface area (Å²) in [5, 5.41) is 8.44. The molecule has 0 aromatic rings. The van der Waals surface area contributed by atoms with Gasteiger partial charge in [-0.2, -0.15) is 5.26 Å². The second-order valence-electron chi connectivity index (χ2n) is 4.20. The topological polar surface area (TPSA) is 23.8 Å². The highest BCUT2D eigenvalue weighted by molar-refractivity contribution is 4.84. The molecular weight excluding hydrogens is 170 g/mol. The molecule has 0 spiro atoms. The van der Waals surface area contributed by atoms with Crippen molar-refractivity contribution in [3.63, 3.8) is 0 Å². The molecule has 0 atom stereocenters. The standard InChI is InChI=1S/C7H11N.C4H10.C2H6/c8-6-7-4-2-1-3-5-7;1-4(2)3;1-2/h7H,1-5H2;4H,1-3H3;1-2H3. The van der Waals surface area contributed by atoms with Crippen LogP contribution in [-0.2, 0) is 0 Å². The second-order valence-corrected chi connectivity index (χ2v) is 4.20. The number of hydrogen-bond acceptors (Lipinski definition) is 1. The van der Waals surface area contributed by atoms with Gasteiger partial charge >= 0.3 is 0 Å². The largest absolute Gasteiger partial charge is 0.198 e. The van der Waals surface area contributed by atoms with Gasteiger partial charge in [0.05, 0.1) is 6.07 Å². The Labute approximate surface area is 90.5 Å². The van der Waals surface area contributed by atoms with Gasteiger partial charge in [0.15, 0.2) is 0 Å². The lowest BCUT2D eigenvalue weighted by Crippen LogP contribution is -2.02. The third-order valence-corrected chi connectivity index (χ3v) is 1.79. The van der Waals surface area contributed by atoms with E-state index in [2.05, 4.69) is 26.8 Å². The molecule has 0 N–H and O–H groups in total. The molecule has 1 heteroatoms. The quantitative estimate of drug-likeness (QED) is 0.548. The minimum absolute atomic E-state index is 0.392. The van der Waals surface area contributed by atoms with Gasteiger partial charge < -0.3 is 0 Å². The Morgan fingerprint density at radius 3 is 1.57 bits per heavy atom. The minimum atomic E-state index is 0.392. The molecule has 84 valence electrons. The Kier molecular flexibility index (Phi) is 14.2. The molecule has 0 aromatic heterocycles. The lowest BCUT2D eigenvalue weighted by atomic mass is 9.91. The Morgan fingerprint density at radius 2 is 1.36 bits per heavy atom. The van der Waals surface area contributed by atoms with Gasteiger partial charge in [-0.3, -0.25) is 0 Å². The summed E-state index contributed by atoms with van der Waals surface area (Å²) in [6, 6.07) is 2.30. The van der Waals surface area contributed by atoms with Crippen LogP contribution >= 0.6 is 0 Å². The molecule has 14 heavy (non-hydrogen) atoms. The van der Waals surface area contributed by atoms with Crippen LogP contribution in [0, 0.1) is 23.2 Å². The molecule has 0 amide bonds. The molecule has 1 nitrogen and oxygen atoms in total. The zero-order valence-corrected chi connectivity index (χ0v) is 10.6. The highest BCUT2D eigenvalue weighted by Crippen LogP contribution is 2.22. The molecular formula is C13H27N. The van der Waals surface area contributed by atoms with Crippen molar-refractivity contribution < 1.29 is 0 Å². The van der Waals surface area contributed by atoms with E-state index < -0.39 is 0 Å². The fraction of sp³-hybridized carbons (Fsp3) is 0.923. The van der Waals surface area contributed by atoms with Crippen LogP contribution in [0.1, 0.15) is 66.7 Å². The minimum Gasteiger partial charge on any atom is -0.198 e. The molecule has 1 fully saturated rings. The molecule has 0 radical (unpaired) electrons. The van der Waals surface area contributed by atoms with Gasteiger partial charge in [-0.1, -0.05) is 53.9 Å². The smallest absolute Gasteiger partial charge is 0.0655 e. The van der Waals surface area contributed by atoms with Crippen molar-refractivity contribution >= 4 is 0 Å². The normalized spacial score (nSPS) is 15.8. The van der Waals surface area contributed by atoms with Crippen molar-refractivity contribution in [2.75, 3.05) is 0 Å². The van der Waals surface area contributed by atoms with Crippen molar-refractivity contribution in [2.24, 2.45) is 11.8 Å². The first-order chi connectivity index (χ1) is 6.66. The first-order valence-electron chi connectivity index (χ1n) is 6.06. The van der Waals surface area contributed by atoms with Crippen LogP contribution in [-0.4, -0.2) is 0 Å². The monoisotopic (exact) mass is 197 g/mol. The Hall–Kier alpha value is -0.510. The molecule has 0 unspecified atom stereocenters. The third-order valence-electron chi connectivity index (χ3n) is 1.79. The van der Waals surface area contributed by atoms with Gasteiger partial charge in [0.25, 0.3) is 0 Å². The summed E-state index contributed by atoms with van der Waals surface area (Å²) < 4.78 is 0. The van der Waals surface area contributed by atoms with Gasteiger partial charge in [-0.15, -0.1) is 0 Å². The van der Waals surface area contributed by atoms with Crippen LogP contribution in [0.25, 0.3) is 0 Å². The number of rotatable bonds is 0. The zero-order chi connectivity index (χ0) is 11.4. The summed E-state index contributed by atoms with van der Waals surface area (Å²) in [4.78, 5) is 0. The summed E-state index contributed by atoms with van der Waals surface area (Å²) in [5.41, 5.74) is 0. The number of nitriles is 1. The van der Waals surface area contributed by atoms with E-state index >= 15 is 0 Å². The molecule has 0 bridgehead atoms. The van der Waals surface area contributed by atoms with Gasteiger partial charge in [0, 0.05) is 5.92 Å². The maximum absolute atomic E-state index is 8.44. The average Bonchev–Trinajstić information content (AvgIpc) is 2.21. The molecule has 0 aliphatic heterocycles. The Bertz CT molecular complexity index is 124. The third kappa shape index (κ3) is 14.0. The van der Waals surface area contributed by atoms with Crippen LogP contribution in [0.2, 0.25) is 0 Å². The fourth-order valence-corrected chi connectivity index (χ4v) is 1.23. The van der Waals surface area contributed by atoms with Crippen molar-refractivity contribution in [1.29, 1.82) is 5.26 Å². The molecule has 1 aliphatic rings. The van der Waals surface area contributed by atoms with Crippen LogP contribution < -0.4 is 0 Å². The Balaban J connectivity index is 0. The van der Waals surface area contributed by atoms with E-state index in [4.69, 9.17) is 5.26 Å². The number of nitrogens with zero attached hydrogens (tertiary/aromatic N) is 1. The maximum Gasteiger partial charge on any atom is 0.0655 e. The molecule has 1 aliphatic carbocycles. The molecule has 1 rings (SSSR count). The van der Waals surface area contributed by atoms with Crippen molar-refractivity contribution in [3.05, 3.63) is 0 Å². The van der Waals surface area contributed by atoms with E-state index in [1.165, 1.54) is 19.3 Å². The van der Waals surface area contributed by atoms with E-state index in [1.54, 1.807) is 0 Å². The first kappa shape index (κ1) is 15.9. The molecule has 0 saturated heterocycles. The summed E-state index contributed by atoms with van der Waals surface area (Å²) >= 11 is 0. The lowest BCUT2D eigenvalue weighted by Gasteiger charge is -2.13. The van der Waals surface area contributed by atoms with E-state index in [1.807, 2.05) is 13.8 Å². The summed E-state index contributed by atoms with van der Waals surface area (Å²) in [5.74, 6) is 1.23. The van der Waals surface area contributed by atoms with Crippen LogP contribution in [0.3, 0.4) is 0 Å². The molecule has 0 heterocycles. The van der Waals surface area contributed by atoms with Crippen LogP contribution in [0.15, 0.2) is 0 Å². The van der Waals surface area contributed by atoms with Gasteiger partial charge in [0.2, 0.25) is 0 Å². The van der Waals surface area contributed by atoms with Gasteiger partial charge in [0.1, 0.15) is 0 Å². The predicted molar refractivity (Wildman–Crippen MR) is 64.0 cm³/mol. The van der Waals surface area contributed by atoms with E-state index in [9.17, 15) is 0 Å². The average molecular weight is 197 g/mol.